The third-order valence-electron chi connectivity index (χ3n) is 3.38. The Morgan fingerprint density at radius 3 is 2.86 bits per heavy atom. The van der Waals surface area contributed by atoms with E-state index in [1.54, 1.807) is 12.2 Å². The van der Waals surface area contributed by atoms with Crippen molar-refractivity contribution in [2.75, 3.05) is 18.8 Å². The van der Waals surface area contributed by atoms with Gasteiger partial charge in [-0.25, -0.2) is 0 Å². The van der Waals surface area contributed by atoms with Crippen LogP contribution >= 0.6 is 11.8 Å². The third kappa shape index (κ3) is 4.49. The zero-order valence-corrected chi connectivity index (χ0v) is 13.8. The topological polar surface area (TPSA) is 27.0 Å². The molecule has 2 rings (SSSR count). The lowest BCUT2D eigenvalue weighted by Gasteiger charge is -2.34. The smallest absolute Gasteiger partial charge is 0.124 e. The number of hydrogen-bond donors (Lipinski definition) is 0. The Hall–Kier alpha value is -1.50. The number of hydrogen-bond acceptors (Lipinski definition) is 3. The lowest BCUT2D eigenvalue weighted by atomic mass is 10.0. The summed E-state index contributed by atoms with van der Waals surface area (Å²) >= 11 is 1.93. The quantitative estimate of drug-likeness (QED) is 0.717. The molecule has 0 fully saturated rings. The third-order valence-corrected chi connectivity index (χ3v) is 4.55. The lowest BCUT2D eigenvalue weighted by molar-refractivity contribution is 0.275. The van der Waals surface area contributed by atoms with E-state index >= 15 is 0 Å². The van der Waals surface area contributed by atoms with Crippen molar-refractivity contribution in [3.8, 4) is 6.07 Å². The molecule has 2 nitrogen and oxygen atoms in total. The first-order chi connectivity index (χ1) is 10.3. The average Bonchev–Trinajstić information content (AvgIpc) is 2.56. The van der Waals surface area contributed by atoms with E-state index in [0.29, 0.717) is 0 Å². The molecule has 2 heterocycles. The van der Waals surface area contributed by atoms with E-state index in [9.17, 15) is 5.26 Å². The van der Waals surface area contributed by atoms with Crippen LogP contribution in [-0.4, -0.2) is 29.8 Å². The van der Waals surface area contributed by atoms with Crippen LogP contribution in [0.2, 0.25) is 0 Å². The predicted molar refractivity (Wildman–Crippen MR) is 94.0 cm³/mol. The minimum atomic E-state index is -0.232. The number of nitriles is 1. The zero-order chi connectivity index (χ0) is 15.7. The van der Waals surface area contributed by atoms with E-state index in [-0.39, 0.29) is 6.04 Å². The van der Waals surface area contributed by atoms with Gasteiger partial charge in [0.25, 0.3) is 0 Å². The molecule has 0 N–H and O–H groups in total. The van der Waals surface area contributed by atoms with Crippen molar-refractivity contribution in [1.82, 2.24) is 4.90 Å². The zero-order valence-electron chi connectivity index (χ0n) is 13.0. The van der Waals surface area contributed by atoms with Gasteiger partial charge in [-0.3, -0.25) is 4.90 Å². The Labute approximate surface area is 133 Å². The molecule has 1 unspecified atom stereocenters. The maximum Gasteiger partial charge on any atom is 0.124 e. The molecule has 2 aliphatic rings. The van der Waals surface area contributed by atoms with Crippen molar-refractivity contribution in [1.29, 1.82) is 5.26 Å². The van der Waals surface area contributed by atoms with Gasteiger partial charge < -0.3 is 0 Å². The molecule has 1 atom stereocenters. The van der Waals surface area contributed by atoms with Gasteiger partial charge in [-0.1, -0.05) is 57.4 Å². The van der Waals surface area contributed by atoms with Crippen LogP contribution in [0.25, 0.3) is 0 Å². The van der Waals surface area contributed by atoms with Crippen LogP contribution in [0.15, 0.2) is 59.6 Å². The molecular formula is C18H24N2S. The van der Waals surface area contributed by atoms with Gasteiger partial charge in [0.15, 0.2) is 0 Å². The molecule has 0 saturated heterocycles. The highest BCUT2D eigenvalue weighted by atomic mass is 32.2. The molecule has 0 spiro atoms. The van der Waals surface area contributed by atoms with Gasteiger partial charge in [0.2, 0.25) is 0 Å². The largest absolute Gasteiger partial charge is 0.280 e. The SMILES string of the molecule is C=C/C=C(\C=C)C(C#N)N1CCC2=C(C=CCS2)C1.CC. The highest BCUT2D eigenvalue weighted by Gasteiger charge is 2.26. The van der Waals surface area contributed by atoms with E-state index in [1.807, 2.05) is 31.7 Å². The molecule has 3 heteroatoms. The summed E-state index contributed by atoms with van der Waals surface area (Å²) in [5.41, 5.74) is 2.29. The van der Waals surface area contributed by atoms with Crippen molar-refractivity contribution < 1.29 is 0 Å². The van der Waals surface area contributed by atoms with E-state index in [4.69, 9.17) is 0 Å². The number of nitrogens with zero attached hydrogens (tertiary/aromatic N) is 2. The summed E-state index contributed by atoms with van der Waals surface area (Å²) in [4.78, 5) is 3.70. The molecule has 0 amide bonds. The van der Waals surface area contributed by atoms with Gasteiger partial charge in [-0.05, 0) is 22.5 Å². The lowest BCUT2D eigenvalue weighted by Crippen LogP contribution is -2.40. The molecular weight excluding hydrogens is 276 g/mol. The van der Waals surface area contributed by atoms with E-state index in [0.717, 1.165) is 30.8 Å². The minimum absolute atomic E-state index is 0.232. The van der Waals surface area contributed by atoms with Crippen LogP contribution in [0.3, 0.4) is 0 Å². The summed E-state index contributed by atoms with van der Waals surface area (Å²) in [5.74, 6) is 1.08. The maximum atomic E-state index is 9.45. The fraction of sp³-hybridized carbons (Fsp3) is 0.389. The molecule has 21 heavy (non-hydrogen) atoms. The number of allylic oxidation sites excluding steroid dienone is 2. The first-order valence-corrected chi connectivity index (χ1v) is 8.38. The second kappa shape index (κ2) is 9.44. The Bertz CT molecular complexity index is 506. The summed E-state index contributed by atoms with van der Waals surface area (Å²) in [6, 6.07) is 2.16. The summed E-state index contributed by atoms with van der Waals surface area (Å²) in [7, 11) is 0. The highest BCUT2D eigenvalue weighted by molar-refractivity contribution is 8.03. The molecule has 0 bridgehead atoms. The predicted octanol–water partition coefficient (Wildman–Crippen LogP) is 4.47. The van der Waals surface area contributed by atoms with Crippen LogP contribution < -0.4 is 0 Å². The second-order valence-corrected chi connectivity index (χ2v) is 5.64. The second-order valence-electron chi connectivity index (χ2n) is 4.52. The standard InChI is InChI=1S/C16H18N2S.C2H6/c1-3-6-13(4-2)15(11-17)18-9-8-16-14(12-18)7-5-10-19-16;1-2/h3-7,15H,1-2,8-10,12H2;1-2H3/b13-6+;. The molecule has 0 radical (unpaired) electrons. The number of rotatable bonds is 4. The molecule has 0 saturated carbocycles. The van der Waals surface area contributed by atoms with Gasteiger partial charge in [0.05, 0.1) is 6.07 Å². The summed E-state index contributed by atoms with van der Waals surface area (Å²) < 4.78 is 0. The molecule has 0 aromatic carbocycles. The van der Waals surface area contributed by atoms with Crippen LogP contribution in [0.1, 0.15) is 20.3 Å². The fourth-order valence-corrected chi connectivity index (χ4v) is 3.38. The van der Waals surface area contributed by atoms with Crippen LogP contribution in [0, 0.1) is 11.3 Å². The maximum absolute atomic E-state index is 9.45. The van der Waals surface area contributed by atoms with Gasteiger partial charge >= 0.3 is 0 Å². The first kappa shape index (κ1) is 17.6. The van der Waals surface area contributed by atoms with Gasteiger partial charge in [-0.2, -0.15) is 5.26 Å². The Kier molecular flexibility index (Phi) is 7.89. The molecule has 0 aromatic heterocycles. The van der Waals surface area contributed by atoms with E-state index < -0.39 is 0 Å². The van der Waals surface area contributed by atoms with Crippen molar-refractivity contribution in [2.45, 2.75) is 26.3 Å². The van der Waals surface area contributed by atoms with Gasteiger partial charge in [0.1, 0.15) is 6.04 Å². The molecule has 0 aliphatic carbocycles. The minimum Gasteiger partial charge on any atom is -0.280 e. The van der Waals surface area contributed by atoms with Crippen molar-refractivity contribution in [3.63, 3.8) is 0 Å². The van der Waals surface area contributed by atoms with Crippen LogP contribution in [-0.2, 0) is 0 Å². The van der Waals surface area contributed by atoms with E-state index in [1.165, 1.54) is 10.5 Å². The van der Waals surface area contributed by atoms with Gasteiger partial charge in [-0.15, -0.1) is 11.8 Å². The average molecular weight is 300 g/mol. The fourth-order valence-electron chi connectivity index (χ4n) is 2.44. The Balaban J connectivity index is 0.00000106. The summed E-state index contributed by atoms with van der Waals surface area (Å²) in [6.07, 6.45) is 10.8. The van der Waals surface area contributed by atoms with E-state index in [2.05, 4.69) is 36.3 Å². The summed E-state index contributed by atoms with van der Waals surface area (Å²) in [6.45, 7) is 13.3. The monoisotopic (exact) mass is 300 g/mol. The van der Waals surface area contributed by atoms with Crippen molar-refractivity contribution in [3.05, 3.63) is 59.6 Å². The van der Waals surface area contributed by atoms with Gasteiger partial charge in [0, 0.05) is 18.8 Å². The van der Waals surface area contributed by atoms with Crippen molar-refractivity contribution in [2.24, 2.45) is 0 Å². The van der Waals surface area contributed by atoms with Crippen molar-refractivity contribution >= 4 is 11.8 Å². The van der Waals surface area contributed by atoms with Crippen LogP contribution in [0.4, 0.5) is 0 Å². The first-order valence-electron chi connectivity index (χ1n) is 7.40. The number of thioether (sulfide) groups is 1. The Morgan fingerprint density at radius 1 is 1.48 bits per heavy atom. The normalized spacial score (nSPS) is 19.8. The molecule has 112 valence electrons. The molecule has 2 aliphatic heterocycles. The Morgan fingerprint density at radius 2 is 2.24 bits per heavy atom. The van der Waals surface area contributed by atoms with Crippen LogP contribution in [0.5, 0.6) is 0 Å². The molecule has 0 aromatic rings. The highest BCUT2D eigenvalue weighted by Crippen LogP contribution is 2.33. The summed E-state index contributed by atoms with van der Waals surface area (Å²) in [5, 5.41) is 9.45.